The number of benzene rings is 1. The van der Waals surface area contributed by atoms with Crippen molar-refractivity contribution in [3.8, 4) is 0 Å². The van der Waals surface area contributed by atoms with E-state index >= 15 is 0 Å². The average molecular weight is 311 g/mol. The number of carbonyl (C=O) groups excluding carboxylic acids is 1. The Morgan fingerprint density at radius 1 is 1.24 bits per heavy atom. The first kappa shape index (κ1) is 16.3. The van der Waals surface area contributed by atoms with Crippen LogP contribution in [0.4, 0.5) is 5.69 Å². The number of hydrogen-bond acceptors (Lipinski definition) is 3. The van der Waals surface area contributed by atoms with Crippen LogP contribution in [0.25, 0.3) is 0 Å². The van der Waals surface area contributed by atoms with Gasteiger partial charge in [-0.2, -0.15) is 0 Å². The highest BCUT2D eigenvalue weighted by atomic mass is 35.5. The molecule has 5 heteroatoms. The summed E-state index contributed by atoms with van der Waals surface area (Å²) in [4.78, 5) is 11.9. The molecule has 1 aromatic rings. The molecule has 2 unspecified atom stereocenters. The SMILES string of the molecule is O=C(CNCC1CCCCC1CO)Nc1ccccc1Cl. The summed E-state index contributed by atoms with van der Waals surface area (Å²) in [6.45, 7) is 1.29. The van der Waals surface area contributed by atoms with E-state index in [0.29, 0.717) is 22.5 Å². The molecule has 0 radical (unpaired) electrons. The van der Waals surface area contributed by atoms with Gasteiger partial charge in [-0.3, -0.25) is 4.79 Å². The molecule has 21 heavy (non-hydrogen) atoms. The molecule has 0 heterocycles. The van der Waals surface area contributed by atoms with Crippen molar-refractivity contribution in [1.82, 2.24) is 5.32 Å². The van der Waals surface area contributed by atoms with Crippen LogP contribution in [0.3, 0.4) is 0 Å². The lowest BCUT2D eigenvalue weighted by atomic mass is 9.79. The predicted molar refractivity (Wildman–Crippen MR) is 85.5 cm³/mol. The van der Waals surface area contributed by atoms with Crippen molar-refractivity contribution < 1.29 is 9.90 Å². The molecule has 1 aliphatic rings. The van der Waals surface area contributed by atoms with Gasteiger partial charge in [0.1, 0.15) is 0 Å². The molecule has 116 valence electrons. The number of aliphatic hydroxyl groups excluding tert-OH is 1. The highest BCUT2D eigenvalue weighted by Crippen LogP contribution is 2.29. The third-order valence-electron chi connectivity index (χ3n) is 4.14. The molecule has 2 rings (SSSR count). The van der Waals surface area contributed by atoms with Crippen LogP contribution in [-0.4, -0.2) is 30.7 Å². The topological polar surface area (TPSA) is 61.4 Å². The fraction of sp³-hybridized carbons (Fsp3) is 0.562. The third-order valence-corrected chi connectivity index (χ3v) is 4.47. The molecule has 4 nitrogen and oxygen atoms in total. The van der Waals surface area contributed by atoms with Crippen molar-refractivity contribution >= 4 is 23.2 Å². The van der Waals surface area contributed by atoms with Crippen molar-refractivity contribution in [3.63, 3.8) is 0 Å². The van der Waals surface area contributed by atoms with E-state index in [9.17, 15) is 9.90 Å². The lowest BCUT2D eigenvalue weighted by molar-refractivity contribution is -0.115. The van der Waals surface area contributed by atoms with E-state index < -0.39 is 0 Å². The van der Waals surface area contributed by atoms with Crippen molar-refractivity contribution in [2.75, 3.05) is 25.0 Å². The fourth-order valence-corrected chi connectivity index (χ4v) is 3.10. The van der Waals surface area contributed by atoms with Crippen LogP contribution in [-0.2, 0) is 4.79 Å². The Labute approximate surface area is 130 Å². The van der Waals surface area contributed by atoms with Crippen LogP contribution in [0.15, 0.2) is 24.3 Å². The van der Waals surface area contributed by atoms with Crippen molar-refractivity contribution in [2.24, 2.45) is 11.8 Å². The van der Waals surface area contributed by atoms with Crippen molar-refractivity contribution in [2.45, 2.75) is 25.7 Å². The molecular weight excluding hydrogens is 288 g/mol. The second-order valence-corrected chi connectivity index (χ2v) is 6.05. The van der Waals surface area contributed by atoms with E-state index in [1.165, 1.54) is 12.8 Å². The Morgan fingerprint density at radius 2 is 1.95 bits per heavy atom. The lowest BCUT2D eigenvalue weighted by Crippen LogP contribution is -2.36. The Hall–Kier alpha value is -1.10. The summed E-state index contributed by atoms with van der Waals surface area (Å²) in [5.74, 6) is 0.745. The minimum atomic E-state index is -0.0977. The van der Waals surface area contributed by atoms with Gasteiger partial charge in [-0.15, -0.1) is 0 Å². The van der Waals surface area contributed by atoms with Crippen LogP contribution in [0, 0.1) is 11.8 Å². The molecule has 0 bridgehead atoms. The van der Waals surface area contributed by atoms with Gasteiger partial charge in [0.2, 0.25) is 5.91 Å². The van der Waals surface area contributed by atoms with E-state index in [0.717, 1.165) is 19.4 Å². The molecule has 0 spiro atoms. The molecule has 1 amide bonds. The summed E-state index contributed by atoms with van der Waals surface area (Å²) < 4.78 is 0. The number of aliphatic hydroxyl groups is 1. The molecule has 0 aliphatic heterocycles. The van der Waals surface area contributed by atoms with E-state index in [1.54, 1.807) is 12.1 Å². The maximum absolute atomic E-state index is 11.9. The monoisotopic (exact) mass is 310 g/mol. The zero-order chi connectivity index (χ0) is 15.1. The van der Waals surface area contributed by atoms with Gasteiger partial charge in [0.05, 0.1) is 17.3 Å². The van der Waals surface area contributed by atoms with Crippen molar-refractivity contribution in [3.05, 3.63) is 29.3 Å². The summed E-state index contributed by atoms with van der Waals surface area (Å²) >= 11 is 6.00. The first-order chi connectivity index (χ1) is 10.2. The molecule has 2 atom stereocenters. The minimum absolute atomic E-state index is 0.0977. The van der Waals surface area contributed by atoms with Gasteiger partial charge in [-0.05, 0) is 43.4 Å². The summed E-state index contributed by atoms with van der Waals surface area (Å²) in [5, 5.41) is 15.9. The second-order valence-electron chi connectivity index (χ2n) is 5.65. The number of rotatable bonds is 6. The van der Waals surface area contributed by atoms with Gasteiger partial charge in [-0.25, -0.2) is 0 Å². The molecule has 1 aliphatic carbocycles. The summed E-state index contributed by atoms with van der Waals surface area (Å²) in [7, 11) is 0. The predicted octanol–water partition coefficient (Wildman–Crippen LogP) is 2.67. The largest absolute Gasteiger partial charge is 0.396 e. The maximum Gasteiger partial charge on any atom is 0.238 e. The zero-order valence-electron chi connectivity index (χ0n) is 12.1. The smallest absolute Gasteiger partial charge is 0.238 e. The molecule has 1 aromatic carbocycles. The molecule has 0 aromatic heterocycles. The Balaban J connectivity index is 1.73. The van der Waals surface area contributed by atoms with Crippen LogP contribution in [0.1, 0.15) is 25.7 Å². The van der Waals surface area contributed by atoms with Crippen LogP contribution in [0.2, 0.25) is 5.02 Å². The fourth-order valence-electron chi connectivity index (χ4n) is 2.92. The van der Waals surface area contributed by atoms with Gasteiger partial charge in [0.25, 0.3) is 0 Å². The van der Waals surface area contributed by atoms with Crippen molar-refractivity contribution in [1.29, 1.82) is 0 Å². The Morgan fingerprint density at radius 3 is 2.67 bits per heavy atom. The summed E-state index contributed by atoms with van der Waals surface area (Å²) in [6.07, 6.45) is 4.64. The highest BCUT2D eigenvalue weighted by Gasteiger charge is 2.24. The number of anilines is 1. The van der Waals surface area contributed by atoms with Crippen LogP contribution >= 0.6 is 11.6 Å². The maximum atomic E-state index is 11.9. The Bertz CT molecular complexity index is 467. The number of para-hydroxylation sites is 1. The summed E-state index contributed by atoms with van der Waals surface area (Å²) in [6, 6.07) is 7.19. The van der Waals surface area contributed by atoms with Crippen LogP contribution < -0.4 is 10.6 Å². The van der Waals surface area contributed by atoms with E-state index in [1.807, 2.05) is 12.1 Å². The van der Waals surface area contributed by atoms with Gasteiger partial charge in [0, 0.05) is 6.61 Å². The van der Waals surface area contributed by atoms with E-state index in [-0.39, 0.29) is 19.1 Å². The van der Waals surface area contributed by atoms with E-state index in [4.69, 9.17) is 11.6 Å². The number of halogens is 1. The molecule has 1 fully saturated rings. The third kappa shape index (κ3) is 4.99. The van der Waals surface area contributed by atoms with Gasteiger partial charge in [-0.1, -0.05) is 36.6 Å². The lowest BCUT2D eigenvalue weighted by Gasteiger charge is -2.30. The first-order valence-electron chi connectivity index (χ1n) is 7.56. The van der Waals surface area contributed by atoms with E-state index in [2.05, 4.69) is 10.6 Å². The summed E-state index contributed by atoms with van der Waals surface area (Å²) in [5.41, 5.74) is 0.636. The Kier molecular flexibility index (Phi) is 6.49. The zero-order valence-corrected chi connectivity index (χ0v) is 12.9. The van der Waals surface area contributed by atoms with Gasteiger partial charge >= 0.3 is 0 Å². The number of nitrogens with one attached hydrogen (secondary N) is 2. The number of hydrogen-bond donors (Lipinski definition) is 3. The highest BCUT2D eigenvalue weighted by molar-refractivity contribution is 6.33. The number of amides is 1. The minimum Gasteiger partial charge on any atom is -0.396 e. The molecule has 1 saturated carbocycles. The van der Waals surface area contributed by atoms with Gasteiger partial charge in [0.15, 0.2) is 0 Å². The number of carbonyl (C=O) groups is 1. The second kappa shape index (κ2) is 8.37. The van der Waals surface area contributed by atoms with Gasteiger partial charge < -0.3 is 15.7 Å². The average Bonchev–Trinajstić information content (AvgIpc) is 2.50. The standard InChI is InChI=1S/C16H23ClN2O2/c17-14-7-3-4-8-15(14)19-16(21)10-18-9-12-5-1-2-6-13(12)11-20/h3-4,7-8,12-13,18,20H,1-2,5-6,9-11H2,(H,19,21). The normalized spacial score (nSPS) is 22.0. The molecule has 3 N–H and O–H groups in total. The molecule has 0 saturated heterocycles. The quantitative estimate of drug-likeness (QED) is 0.757. The van der Waals surface area contributed by atoms with Crippen LogP contribution in [0.5, 0.6) is 0 Å². The molecular formula is C16H23ClN2O2. The first-order valence-corrected chi connectivity index (χ1v) is 7.94.